The lowest BCUT2D eigenvalue weighted by atomic mass is 10.1. The summed E-state index contributed by atoms with van der Waals surface area (Å²) in [5.41, 5.74) is 0.163. The molecule has 2 aromatic rings. The molecule has 0 aromatic heterocycles. The van der Waals surface area contributed by atoms with E-state index in [2.05, 4.69) is 16.0 Å². The van der Waals surface area contributed by atoms with Crippen LogP contribution in [0, 0.1) is 10.1 Å². The first kappa shape index (κ1) is 23.2. The van der Waals surface area contributed by atoms with E-state index in [4.69, 9.17) is 16.3 Å². The predicted molar refractivity (Wildman–Crippen MR) is 117 cm³/mol. The van der Waals surface area contributed by atoms with Gasteiger partial charge in [0.15, 0.2) is 0 Å². The Morgan fingerprint density at radius 2 is 1.78 bits per heavy atom. The van der Waals surface area contributed by atoms with E-state index in [9.17, 15) is 24.5 Å². The number of nitrogens with one attached hydrogen (secondary N) is 3. The molecule has 3 rings (SSSR count). The van der Waals surface area contributed by atoms with Crippen molar-refractivity contribution >= 4 is 40.7 Å². The molecule has 0 bridgehead atoms. The Labute approximate surface area is 188 Å². The number of benzene rings is 2. The lowest BCUT2D eigenvalue weighted by molar-refractivity contribution is -0.385. The van der Waals surface area contributed by atoms with Crippen molar-refractivity contribution in [3.8, 4) is 0 Å². The van der Waals surface area contributed by atoms with E-state index in [0.29, 0.717) is 24.3 Å². The maximum Gasteiger partial charge on any atom is 0.282 e. The lowest BCUT2D eigenvalue weighted by Crippen LogP contribution is -2.39. The number of amides is 3. The van der Waals surface area contributed by atoms with E-state index >= 15 is 0 Å². The first-order valence-corrected chi connectivity index (χ1v) is 10.3. The van der Waals surface area contributed by atoms with Gasteiger partial charge >= 0.3 is 0 Å². The van der Waals surface area contributed by atoms with Crippen molar-refractivity contribution in [2.24, 2.45) is 0 Å². The zero-order chi connectivity index (χ0) is 23.1. The van der Waals surface area contributed by atoms with Gasteiger partial charge in [-0.1, -0.05) is 11.6 Å². The van der Waals surface area contributed by atoms with Crippen LogP contribution in [-0.4, -0.2) is 48.4 Å². The van der Waals surface area contributed by atoms with Gasteiger partial charge in [-0.05, 0) is 49.2 Å². The zero-order valence-corrected chi connectivity index (χ0v) is 17.7. The van der Waals surface area contributed by atoms with Gasteiger partial charge in [-0.2, -0.15) is 0 Å². The first-order valence-electron chi connectivity index (χ1n) is 9.88. The Morgan fingerprint density at radius 3 is 2.44 bits per heavy atom. The third-order valence-corrected chi connectivity index (χ3v) is 4.97. The smallest absolute Gasteiger partial charge is 0.282 e. The number of hydrogen-bond acceptors (Lipinski definition) is 6. The molecule has 1 aliphatic heterocycles. The summed E-state index contributed by atoms with van der Waals surface area (Å²) in [4.78, 5) is 47.0. The number of nitro groups is 1. The van der Waals surface area contributed by atoms with Gasteiger partial charge in [0, 0.05) is 42.0 Å². The van der Waals surface area contributed by atoms with Crippen molar-refractivity contribution in [3.05, 3.63) is 68.7 Å². The molecule has 168 valence electrons. The second kappa shape index (κ2) is 10.7. The molecule has 0 saturated carbocycles. The third-order valence-electron chi connectivity index (χ3n) is 4.74. The number of carbonyl (C=O) groups is 3. The molecule has 1 heterocycles. The molecule has 10 nitrogen and oxygen atoms in total. The van der Waals surface area contributed by atoms with Crippen molar-refractivity contribution in [2.45, 2.75) is 18.9 Å². The average molecular weight is 461 g/mol. The second-order valence-electron chi connectivity index (χ2n) is 7.00. The van der Waals surface area contributed by atoms with E-state index in [0.717, 1.165) is 12.5 Å². The molecule has 1 fully saturated rings. The number of nitrogens with zero attached hydrogens (tertiary/aromatic N) is 1. The van der Waals surface area contributed by atoms with E-state index in [1.807, 2.05) is 0 Å². The first-order chi connectivity index (χ1) is 15.3. The largest absolute Gasteiger partial charge is 0.368 e. The van der Waals surface area contributed by atoms with E-state index in [-0.39, 0.29) is 41.2 Å². The Bertz CT molecular complexity index is 1020. The molecule has 1 unspecified atom stereocenters. The summed E-state index contributed by atoms with van der Waals surface area (Å²) >= 11 is 5.85. The fraction of sp³-hybridized carbons (Fsp3) is 0.286. The summed E-state index contributed by atoms with van der Waals surface area (Å²) < 4.78 is 5.28. The Morgan fingerprint density at radius 1 is 1.06 bits per heavy atom. The van der Waals surface area contributed by atoms with E-state index in [1.165, 1.54) is 36.4 Å². The van der Waals surface area contributed by atoms with Crippen LogP contribution in [0.15, 0.2) is 42.5 Å². The highest BCUT2D eigenvalue weighted by Gasteiger charge is 2.23. The maximum atomic E-state index is 12.4. The highest BCUT2D eigenvalue weighted by atomic mass is 35.5. The summed E-state index contributed by atoms with van der Waals surface area (Å²) in [6, 6.07) is 9.72. The molecule has 2 aromatic carbocycles. The molecule has 0 radical (unpaired) electrons. The minimum atomic E-state index is -0.696. The molecular weight excluding hydrogens is 440 g/mol. The molecule has 0 spiro atoms. The maximum absolute atomic E-state index is 12.4. The van der Waals surface area contributed by atoms with Crippen molar-refractivity contribution in [2.75, 3.05) is 25.0 Å². The van der Waals surface area contributed by atoms with Crippen molar-refractivity contribution in [1.29, 1.82) is 0 Å². The van der Waals surface area contributed by atoms with Crippen LogP contribution in [0.25, 0.3) is 0 Å². The Kier molecular flexibility index (Phi) is 7.74. The quantitative estimate of drug-likeness (QED) is 0.314. The predicted octanol–water partition coefficient (Wildman–Crippen LogP) is 2.53. The third kappa shape index (κ3) is 6.02. The summed E-state index contributed by atoms with van der Waals surface area (Å²) in [6.45, 7) is 1.10. The van der Waals surface area contributed by atoms with Crippen LogP contribution in [0.5, 0.6) is 0 Å². The highest BCUT2D eigenvalue weighted by molar-refractivity contribution is 6.31. The van der Waals surface area contributed by atoms with E-state index in [1.54, 1.807) is 0 Å². The second-order valence-corrected chi connectivity index (χ2v) is 7.44. The Balaban J connectivity index is 1.50. The van der Waals surface area contributed by atoms with Gasteiger partial charge in [-0.15, -0.1) is 0 Å². The molecule has 1 saturated heterocycles. The van der Waals surface area contributed by atoms with Crippen molar-refractivity contribution < 1.29 is 24.0 Å². The van der Waals surface area contributed by atoms with Crippen molar-refractivity contribution in [1.82, 2.24) is 10.6 Å². The number of nitro benzene ring substituents is 1. The topological polar surface area (TPSA) is 140 Å². The lowest BCUT2D eigenvalue weighted by Gasteiger charge is -2.11. The summed E-state index contributed by atoms with van der Waals surface area (Å²) in [6.07, 6.45) is 1.15. The molecule has 1 atom stereocenters. The Hall–Kier alpha value is -3.50. The molecule has 1 aliphatic rings. The number of anilines is 1. The normalized spacial score (nSPS) is 15.1. The molecule has 3 N–H and O–H groups in total. The number of ether oxygens (including phenoxy) is 1. The number of carbonyl (C=O) groups excluding carboxylic acids is 3. The molecule has 0 aliphatic carbocycles. The SMILES string of the molecule is O=C(NCCNC(=O)C1CCCO1)c1ccc(NC(=O)c2cc(Cl)ccc2[N+](=O)[O-])cc1. The van der Waals surface area contributed by atoms with Gasteiger partial charge in [0.1, 0.15) is 11.7 Å². The highest BCUT2D eigenvalue weighted by Crippen LogP contribution is 2.24. The number of halogens is 1. The molecule has 11 heteroatoms. The van der Waals surface area contributed by atoms with Crippen molar-refractivity contribution in [3.63, 3.8) is 0 Å². The van der Waals surface area contributed by atoms with Crippen LogP contribution >= 0.6 is 11.6 Å². The van der Waals surface area contributed by atoms with Gasteiger partial charge in [-0.3, -0.25) is 24.5 Å². The van der Waals surface area contributed by atoms with Crippen LogP contribution in [0.1, 0.15) is 33.6 Å². The minimum absolute atomic E-state index is 0.172. The molecular formula is C21H21ClN4O6. The van der Waals surface area contributed by atoms with Crippen LogP contribution in [0.4, 0.5) is 11.4 Å². The summed E-state index contributed by atoms with van der Waals surface area (Å²) in [7, 11) is 0. The summed E-state index contributed by atoms with van der Waals surface area (Å²) in [5.74, 6) is -1.23. The van der Waals surface area contributed by atoms with Crippen LogP contribution in [-0.2, 0) is 9.53 Å². The van der Waals surface area contributed by atoms with E-state index < -0.39 is 16.9 Å². The van der Waals surface area contributed by atoms with Gasteiger partial charge < -0.3 is 20.7 Å². The monoisotopic (exact) mass is 460 g/mol. The van der Waals surface area contributed by atoms with Gasteiger partial charge in [-0.25, -0.2) is 0 Å². The van der Waals surface area contributed by atoms with Gasteiger partial charge in [0.05, 0.1) is 4.92 Å². The summed E-state index contributed by atoms with van der Waals surface area (Å²) in [5, 5.41) is 19.3. The zero-order valence-electron chi connectivity index (χ0n) is 16.9. The fourth-order valence-electron chi connectivity index (χ4n) is 3.11. The number of rotatable bonds is 8. The van der Waals surface area contributed by atoms with Crippen LogP contribution < -0.4 is 16.0 Å². The fourth-order valence-corrected chi connectivity index (χ4v) is 3.29. The van der Waals surface area contributed by atoms with Crippen LogP contribution in [0.2, 0.25) is 5.02 Å². The molecule has 3 amide bonds. The standard InChI is InChI=1S/C21H21ClN4O6/c22-14-5-8-17(26(30)31)16(12-14)20(28)25-15-6-3-13(4-7-15)19(27)23-9-10-24-21(29)18-2-1-11-32-18/h3-8,12,18H,1-2,9-11H2,(H,23,27)(H,24,29)(H,25,28). The molecule has 32 heavy (non-hydrogen) atoms. The van der Waals surface area contributed by atoms with Gasteiger partial charge in [0.25, 0.3) is 17.5 Å². The minimum Gasteiger partial charge on any atom is -0.368 e. The number of hydrogen-bond donors (Lipinski definition) is 3. The van der Waals surface area contributed by atoms with Gasteiger partial charge in [0.2, 0.25) is 5.91 Å². The van der Waals surface area contributed by atoms with Crippen LogP contribution in [0.3, 0.4) is 0 Å². The average Bonchev–Trinajstić information content (AvgIpc) is 3.31.